The number of aryl methyl sites for hydroxylation is 2. The molecule has 4 nitrogen and oxygen atoms in total. The lowest BCUT2D eigenvalue weighted by molar-refractivity contribution is -0.124. The van der Waals surface area contributed by atoms with Crippen LogP contribution in [0.3, 0.4) is 0 Å². The number of amides is 2. The number of carbonyl (C=O) groups excluding carboxylic acids is 2. The van der Waals surface area contributed by atoms with E-state index in [9.17, 15) is 9.59 Å². The molecule has 0 aliphatic carbocycles. The molecular formula is C18H26N2O2. The van der Waals surface area contributed by atoms with Gasteiger partial charge in [-0.2, -0.15) is 0 Å². The van der Waals surface area contributed by atoms with Crippen LogP contribution in [0.1, 0.15) is 50.7 Å². The van der Waals surface area contributed by atoms with Crippen LogP contribution >= 0.6 is 0 Å². The van der Waals surface area contributed by atoms with E-state index in [0.717, 1.165) is 29.7 Å². The van der Waals surface area contributed by atoms with Gasteiger partial charge < -0.3 is 10.2 Å². The normalized spacial score (nSPS) is 18.2. The molecule has 1 heterocycles. The van der Waals surface area contributed by atoms with Crippen LogP contribution in [-0.2, 0) is 9.59 Å². The van der Waals surface area contributed by atoms with E-state index in [1.807, 2.05) is 32.6 Å². The molecule has 120 valence electrons. The van der Waals surface area contributed by atoms with Crippen molar-refractivity contribution in [3.05, 3.63) is 29.3 Å². The van der Waals surface area contributed by atoms with E-state index in [-0.39, 0.29) is 23.9 Å². The Kier molecular flexibility index (Phi) is 5.22. The molecule has 0 radical (unpaired) electrons. The molecule has 1 saturated heterocycles. The average molecular weight is 302 g/mol. The van der Waals surface area contributed by atoms with E-state index in [4.69, 9.17) is 0 Å². The van der Waals surface area contributed by atoms with Crippen molar-refractivity contribution in [2.75, 3.05) is 4.90 Å². The maximum Gasteiger partial charge on any atom is 0.229 e. The van der Waals surface area contributed by atoms with E-state index < -0.39 is 0 Å². The second kappa shape index (κ2) is 6.95. The molecule has 1 unspecified atom stereocenters. The Balaban J connectivity index is 2.18. The molecule has 22 heavy (non-hydrogen) atoms. The summed E-state index contributed by atoms with van der Waals surface area (Å²) in [6, 6.07) is 6.23. The first kappa shape index (κ1) is 16.5. The minimum atomic E-state index is -0.0277. The first-order valence-corrected chi connectivity index (χ1v) is 8.07. The van der Waals surface area contributed by atoms with Crippen LogP contribution < -0.4 is 10.2 Å². The summed E-state index contributed by atoms with van der Waals surface area (Å²) in [6.07, 6.45) is 2.71. The maximum absolute atomic E-state index is 12.8. The van der Waals surface area contributed by atoms with E-state index in [2.05, 4.69) is 23.5 Å². The van der Waals surface area contributed by atoms with Crippen molar-refractivity contribution < 1.29 is 9.59 Å². The zero-order valence-corrected chi connectivity index (χ0v) is 14.0. The summed E-state index contributed by atoms with van der Waals surface area (Å²) in [5.41, 5.74) is 3.22. The van der Waals surface area contributed by atoms with Gasteiger partial charge in [0, 0.05) is 30.6 Å². The van der Waals surface area contributed by atoms with Gasteiger partial charge in [-0.3, -0.25) is 9.59 Å². The number of benzene rings is 1. The van der Waals surface area contributed by atoms with E-state index in [0.29, 0.717) is 12.8 Å². The van der Waals surface area contributed by atoms with E-state index >= 15 is 0 Å². The van der Waals surface area contributed by atoms with Gasteiger partial charge in [0.05, 0.1) is 0 Å². The van der Waals surface area contributed by atoms with Crippen molar-refractivity contribution >= 4 is 17.5 Å². The summed E-state index contributed by atoms with van der Waals surface area (Å²) >= 11 is 0. The third-order valence-electron chi connectivity index (χ3n) is 4.15. The summed E-state index contributed by atoms with van der Waals surface area (Å²) in [5.74, 6) is 0.141. The highest BCUT2D eigenvalue weighted by Crippen LogP contribution is 2.25. The fraction of sp³-hybridized carbons (Fsp3) is 0.556. The Hall–Kier alpha value is -1.84. The van der Waals surface area contributed by atoms with Crippen LogP contribution in [-0.4, -0.2) is 23.9 Å². The van der Waals surface area contributed by atoms with Crippen LogP contribution in [0.4, 0.5) is 5.69 Å². The van der Waals surface area contributed by atoms with Gasteiger partial charge in [0.1, 0.15) is 0 Å². The van der Waals surface area contributed by atoms with Crippen LogP contribution in [0, 0.1) is 13.8 Å². The Morgan fingerprint density at radius 3 is 2.73 bits per heavy atom. The van der Waals surface area contributed by atoms with Gasteiger partial charge in [-0.15, -0.1) is 0 Å². The summed E-state index contributed by atoms with van der Waals surface area (Å²) in [7, 11) is 0. The monoisotopic (exact) mass is 302 g/mol. The van der Waals surface area contributed by atoms with Crippen molar-refractivity contribution in [3.8, 4) is 0 Å². The summed E-state index contributed by atoms with van der Waals surface area (Å²) in [5, 5.41) is 2.93. The van der Waals surface area contributed by atoms with E-state index in [1.54, 1.807) is 0 Å². The predicted octanol–water partition coefficient (Wildman–Crippen LogP) is 3.10. The van der Waals surface area contributed by atoms with Crippen LogP contribution in [0.25, 0.3) is 0 Å². The van der Waals surface area contributed by atoms with Crippen molar-refractivity contribution in [1.82, 2.24) is 5.32 Å². The first-order valence-electron chi connectivity index (χ1n) is 8.07. The third-order valence-corrected chi connectivity index (χ3v) is 4.15. The minimum Gasteiger partial charge on any atom is -0.353 e. The van der Waals surface area contributed by atoms with Gasteiger partial charge in [0.2, 0.25) is 11.8 Å². The third kappa shape index (κ3) is 3.87. The quantitative estimate of drug-likeness (QED) is 0.929. The van der Waals surface area contributed by atoms with Gasteiger partial charge in [0.15, 0.2) is 0 Å². The molecule has 1 atom stereocenters. The molecule has 0 aromatic heterocycles. The largest absolute Gasteiger partial charge is 0.353 e. The second-order valence-corrected chi connectivity index (χ2v) is 6.51. The molecule has 1 fully saturated rings. The van der Waals surface area contributed by atoms with Gasteiger partial charge in [-0.05, 0) is 57.7 Å². The molecule has 1 aromatic rings. The molecule has 1 aromatic carbocycles. The molecular weight excluding hydrogens is 276 g/mol. The summed E-state index contributed by atoms with van der Waals surface area (Å²) in [6.45, 7) is 8.12. The molecule has 0 saturated carbocycles. The van der Waals surface area contributed by atoms with Crippen molar-refractivity contribution in [2.24, 2.45) is 0 Å². The highest BCUT2D eigenvalue weighted by molar-refractivity contribution is 5.95. The van der Waals surface area contributed by atoms with Crippen molar-refractivity contribution in [1.29, 1.82) is 0 Å². The molecule has 2 amide bonds. The van der Waals surface area contributed by atoms with Gasteiger partial charge >= 0.3 is 0 Å². The van der Waals surface area contributed by atoms with Crippen LogP contribution in [0.15, 0.2) is 18.2 Å². The zero-order chi connectivity index (χ0) is 16.3. The lowest BCUT2D eigenvalue weighted by Crippen LogP contribution is -2.45. The lowest BCUT2D eigenvalue weighted by Gasteiger charge is -2.31. The van der Waals surface area contributed by atoms with Gasteiger partial charge in [0.25, 0.3) is 0 Å². The topological polar surface area (TPSA) is 49.4 Å². The number of rotatable bonds is 4. The van der Waals surface area contributed by atoms with Gasteiger partial charge in [-0.25, -0.2) is 0 Å². The average Bonchev–Trinajstić information content (AvgIpc) is 2.42. The number of carbonyl (C=O) groups is 2. The Labute approximate surface area is 132 Å². The standard InChI is InChI=1S/C18H26N2O2/c1-12(2)20(16-10-13(3)8-9-14(16)4)18(22)11-15-6-5-7-17(21)19-15/h8-10,12,15H,5-7,11H2,1-4H3,(H,19,21). The molecule has 4 heteroatoms. The maximum atomic E-state index is 12.8. The van der Waals surface area contributed by atoms with Crippen molar-refractivity contribution in [3.63, 3.8) is 0 Å². The summed E-state index contributed by atoms with van der Waals surface area (Å²) < 4.78 is 0. The number of hydrogen-bond acceptors (Lipinski definition) is 2. The first-order chi connectivity index (χ1) is 10.4. The fourth-order valence-corrected chi connectivity index (χ4v) is 3.02. The van der Waals surface area contributed by atoms with E-state index in [1.165, 1.54) is 0 Å². The SMILES string of the molecule is Cc1ccc(C)c(N(C(=O)CC2CCCC(=O)N2)C(C)C)c1. The Bertz CT molecular complexity index is 566. The predicted molar refractivity (Wildman–Crippen MR) is 88.9 cm³/mol. The molecule has 1 N–H and O–H groups in total. The summed E-state index contributed by atoms with van der Waals surface area (Å²) in [4.78, 5) is 26.2. The highest BCUT2D eigenvalue weighted by atomic mass is 16.2. The number of piperidine rings is 1. The Morgan fingerprint density at radius 1 is 1.36 bits per heavy atom. The number of nitrogens with one attached hydrogen (secondary N) is 1. The minimum absolute atomic E-state index is 0.0277. The Morgan fingerprint density at radius 2 is 2.09 bits per heavy atom. The number of anilines is 1. The number of nitrogens with zero attached hydrogens (tertiary/aromatic N) is 1. The molecule has 1 aliphatic heterocycles. The molecule has 2 rings (SSSR count). The molecule has 1 aliphatic rings. The van der Waals surface area contributed by atoms with Gasteiger partial charge in [-0.1, -0.05) is 12.1 Å². The zero-order valence-electron chi connectivity index (χ0n) is 14.0. The smallest absolute Gasteiger partial charge is 0.229 e. The second-order valence-electron chi connectivity index (χ2n) is 6.51. The van der Waals surface area contributed by atoms with Crippen LogP contribution in [0.5, 0.6) is 0 Å². The number of hydrogen-bond donors (Lipinski definition) is 1. The highest BCUT2D eigenvalue weighted by Gasteiger charge is 2.26. The fourth-order valence-electron chi connectivity index (χ4n) is 3.02. The van der Waals surface area contributed by atoms with Crippen LogP contribution in [0.2, 0.25) is 0 Å². The molecule has 0 spiro atoms. The molecule has 0 bridgehead atoms. The lowest BCUT2D eigenvalue weighted by atomic mass is 10.00. The van der Waals surface area contributed by atoms with Crippen molar-refractivity contribution in [2.45, 2.75) is 65.5 Å².